The molecule has 19 heavy (non-hydrogen) atoms. The lowest BCUT2D eigenvalue weighted by atomic mass is 10.2. The van der Waals surface area contributed by atoms with E-state index in [9.17, 15) is 13.2 Å². The molecule has 0 unspecified atom stereocenters. The predicted molar refractivity (Wildman–Crippen MR) is 63.0 cm³/mol. The van der Waals surface area contributed by atoms with Gasteiger partial charge in [-0.25, -0.2) is 18.2 Å². The van der Waals surface area contributed by atoms with Gasteiger partial charge in [0.05, 0.1) is 17.3 Å². The van der Waals surface area contributed by atoms with Crippen LogP contribution in [-0.4, -0.2) is 4.98 Å². The maximum Gasteiger partial charge on any atom is 0.169 e. The molecule has 0 saturated heterocycles. The van der Waals surface area contributed by atoms with Crippen molar-refractivity contribution in [2.45, 2.75) is 0 Å². The molecule has 0 aliphatic rings. The van der Waals surface area contributed by atoms with E-state index in [1.54, 1.807) is 6.07 Å². The topological polar surface area (TPSA) is 74.7 Å². The number of halogens is 3. The first-order valence-corrected chi connectivity index (χ1v) is 5.09. The van der Waals surface area contributed by atoms with Crippen molar-refractivity contribution >= 4 is 17.3 Å². The van der Waals surface area contributed by atoms with Crippen molar-refractivity contribution in [3.63, 3.8) is 0 Å². The van der Waals surface area contributed by atoms with Gasteiger partial charge in [0.15, 0.2) is 23.3 Å². The zero-order valence-electron chi connectivity index (χ0n) is 9.42. The van der Waals surface area contributed by atoms with Crippen LogP contribution >= 0.6 is 0 Å². The van der Waals surface area contributed by atoms with E-state index in [1.807, 2.05) is 0 Å². The lowest BCUT2D eigenvalue weighted by Crippen LogP contribution is -2.04. The normalized spacial score (nSPS) is 10.0. The Bertz CT molecular complexity index is 679. The molecule has 3 N–H and O–H groups in total. The van der Waals surface area contributed by atoms with Crippen LogP contribution in [0.5, 0.6) is 0 Å². The fourth-order valence-corrected chi connectivity index (χ4v) is 1.38. The summed E-state index contributed by atoms with van der Waals surface area (Å²) in [6, 6.07) is 5.87. The number of pyridine rings is 1. The molecule has 2 aromatic rings. The van der Waals surface area contributed by atoms with E-state index >= 15 is 0 Å². The molecule has 0 amide bonds. The number of nitrogens with zero attached hydrogens (tertiary/aromatic N) is 2. The number of anilines is 3. The number of nitrogen functional groups attached to an aromatic ring is 1. The molecule has 1 aromatic heterocycles. The highest BCUT2D eigenvalue weighted by Crippen LogP contribution is 2.23. The Kier molecular flexibility index (Phi) is 3.25. The summed E-state index contributed by atoms with van der Waals surface area (Å²) in [7, 11) is 0. The summed E-state index contributed by atoms with van der Waals surface area (Å²) >= 11 is 0. The molecule has 4 nitrogen and oxygen atoms in total. The second-order valence-electron chi connectivity index (χ2n) is 3.62. The fourth-order valence-electron chi connectivity index (χ4n) is 1.38. The smallest absolute Gasteiger partial charge is 0.169 e. The van der Waals surface area contributed by atoms with E-state index in [1.165, 1.54) is 12.1 Å². The Morgan fingerprint density at radius 2 is 1.84 bits per heavy atom. The first-order valence-electron chi connectivity index (χ1n) is 5.09. The molecule has 0 aliphatic heterocycles. The van der Waals surface area contributed by atoms with E-state index in [0.29, 0.717) is 6.07 Å². The molecule has 0 bridgehead atoms. The standard InChI is InChI=1S/C12H7F3N4/c13-7-3-6(5-16)1-2-10(7)18-12-9(15)4-8(14)11(17)19-12/h1-4H,(H3,17,18,19). The van der Waals surface area contributed by atoms with Gasteiger partial charge < -0.3 is 11.1 Å². The van der Waals surface area contributed by atoms with E-state index in [2.05, 4.69) is 10.3 Å². The predicted octanol–water partition coefficient (Wildman–Crippen LogP) is 2.70. The minimum atomic E-state index is -1.00. The summed E-state index contributed by atoms with van der Waals surface area (Å²) < 4.78 is 39.9. The molecule has 2 rings (SSSR count). The van der Waals surface area contributed by atoms with Gasteiger partial charge in [0.2, 0.25) is 0 Å². The molecule has 1 heterocycles. The fraction of sp³-hybridized carbons (Fsp3) is 0. The number of nitriles is 1. The van der Waals surface area contributed by atoms with Crippen molar-refractivity contribution < 1.29 is 13.2 Å². The van der Waals surface area contributed by atoms with Crippen LogP contribution in [0.25, 0.3) is 0 Å². The highest BCUT2D eigenvalue weighted by Gasteiger charge is 2.12. The van der Waals surface area contributed by atoms with Gasteiger partial charge in [0.25, 0.3) is 0 Å². The maximum absolute atomic E-state index is 13.6. The molecule has 0 saturated carbocycles. The van der Waals surface area contributed by atoms with Gasteiger partial charge in [0.1, 0.15) is 5.82 Å². The van der Waals surface area contributed by atoms with Gasteiger partial charge in [-0.05, 0) is 18.2 Å². The zero-order valence-corrected chi connectivity index (χ0v) is 9.42. The number of benzene rings is 1. The van der Waals surface area contributed by atoms with Crippen LogP contribution in [0.2, 0.25) is 0 Å². The number of hydrogen-bond acceptors (Lipinski definition) is 4. The quantitative estimate of drug-likeness (QED) is 0.874. The van der Waals surface area contributed by atoms with Gasteiger partial charge in [-0.2, -0.15) is 5.26 Å². The van der Waals surface area contributed by atoms with Crippen LogP contribution in [0.15, 0.2) is 24.3 Å². The molecule has 7 heteroatoms. The minimum Gasteiger partial charge on any atom is -0.381 e. The summed E-state index contributed by atoms with van der Waals surface area (Å²) in [6.07, 6.45) is 0. The van der Waals surface area contributed by atoms with Gasteiger partial charge in [-0.3, -0.25) is 0 Å². The number of aromatic nitrogens is 1. The number of nitrogens with one attached hydrogen (secondary N) is 1. The second kappa shape index (κ2) is 4.86. The van der Waals surface area contributed by atoms with Crippen LogP contribution in [0.4, 0.5) is 30.5 Å². The molecular weight excluding hydrogens is 257 g/mol. The van der Waals surface area contributed by atoms with Crippen molar-refractivity contribution in [2.75, 3.05) is 11.1 Å². The summed E-state index contributed by atoms with van der Waals surface area (Å²) in [5.41, 5.74) is 5.22. The highest BCUT2D eigenvalue weighted by atomic mass is 19.1. The maximum atomic E-state index is 13.6. The molecule has 96 valence electrons. The van der Waals surface area contributed by atoms with E-state index in [0.717, 1.165) is 6.07 Å². The Balaban J connectivity index is 2.37. The Labute approximate surface area is 106 Å². The average molecular weight is 264 g/mol. The van der Waals surface area contributed by atoms with Gasteiger partial charge in [-0.15, -0.1) is 0 Å². The summed E-state index contributed by atoms with van der Waals surface area (Å²) in [6.45, 7) is 0. The van der Waals surface area contributed by atoms with E-state index in [-0.39, 0.29) is 11.3 Å². The lowest BCUT2D eigenvalue weighted by Gasteiger charge is -2.08. The van der Waals surface area contributed by atoms with Crippen LogP contribution in [-0.2, 0) is 0 Å². The van der Waals surface area contributed by atoms with Crippen molar-refractivity contribution in [3.05, 3.63) is 47.3 Å². The molecule has 0 atom stereocenters. The minimum absolute atomic E-state index is 0.101. The molecule has 0 spiro atoms. The second-order valence-corrected chi connectivity index (χ2v) is 3.62. The zero-order chi connectivity index (χ0) is 14.0. The van der Waals surface area contributed by atoms with Gasteiger partial charge >= 0.3 is 0 Å². The Morgan fingerprint density at radius 1 is 1.11 bits per heavy atom. The molecule has 0 radical (unpaired) electrons. The van der Waals surface area contributed by atoms with Crippen molar-refractivity contribution in [2.24, 2.45) is 0 Å². The lowest BCUT2D eigenvalue weighted by molar-refractivity contribution is 0.580. The van der Waals surface area contributed by atoms with Crippen LogP contribution < -0.4 is 11.1 Å². The van der Waals surface area contributed by atoms with E-state index < -0.39 is 29.1 Å². The van der Waals surface area contributed by atoms with Crippen LogP contribution in [0.1, 0.15) is 5.56 Å². The Hall–Kier alpha value is -2.75. The molecule has 1 aromatic carbocycles. The summed E-state index contributed by atoms with van der Waals surface area (Å²) in [4.78, 5) is 3.44. The van der Waals surface area contributed by atoms with Crippen molar-refractivity contribution in [1.29, 1.82) is 5.26 Å². The average Bonchev–Trinajstić information content (AvgIpc) is 2.38. The highest BCUT2D eigenvalue weighted by molar-refractivity contribution is 5.60. The number of nitrogens with two attached hydrogens (primary N) is 1. The number of rotatable bonds is 2. The summed E-state index contributed by atoms with van der Waals surface area (Å²) in [5, 5.41) is 10.9. The van der Waals surface area contributed by atoms with Crippen LogP contribution in [0.3, 0.4) is 0 Å². The molecular formula is C12H7F3N4. The molecule has 0 fully saturated rings. The third-order valence-electron chi connectivity index (χ3n) is 2.31. The monoisotopic (exact) mass is 264 g/mol. The van der Waals surface area contributed by atoms with Gasteiger partial charge in [0, 0.05) is 6.07 Å². The van der Waals surface area contributed by atoms with Crippen LogP contribution in [0, 0.1) is 28.8 Å². The summed E-state index contributed by atoms with van der Waals surface area (Å²) in [5.74, 6) is -3.66. The third-order valence-corrected chi connectivity index (χ3v) is 2.31. The SMILES string of the molecule is N#Cc1ccc(Nc2nc(N)c(F)cc2F)c(F)c1. The molecule has 0 aliphatic carbocycles. The largest absolute Gasteiger partial charge is 0.381 e. The van der Waals surface area contributed by atoms with Crippen molar-refractivity contribution in [1.82, 2.24) is 4.98 Å². The number of hydrogen-bond donors (Lipinski definition) is 2. The van der Waals surface area contributed by atoms with Gasteiger partial charge in [-0.1, -0.05) is 0 Å². The Morgan fingerprint density at radius 3 is 2.47 bits per heavy atom. The first-order chi connectivity index (χ1) is 9.01. The first kappa shape index (κ1) is 12.7. The van der Waals surface area contributed by atoms with Crippen molar-refractivity contribution in [3.8, 4) is 6.07 Å². The van der Waals surface area contributed by atoms with E-state index in [4.69, 9.17) is 11.0 Å². The third kappa shape index (κ3) is 2.57.